The van der Waals surface area contributed by atoms with E-state index < -0.39 is 0 Å². The van der Waals surface area contributed by atoms with Gasteiger partial charge < -0.3 is 10.2 Å². The molecule has 0 unspecified atom stereocenters. The van der Waals surface area contributed by atoms with Gasteiger partial charge in [0.25, 0.3) is 0 Å². The van der Waals surface area contributed by atoms with Crippen LogP contribution in [0.3, 0.4) is 0 Å². The Morgan fingerprint density at radius 2 is 1.67 bits per heavy atom. The Bertz CT molecular complexity index is 517. The van der Waals surface area contributed by atoms with Crippen LogP contribution in [0.4, 0.5) is 0 Å². The standard InChI is InChI=1S/C21H34O3/c1-20-9-7-14(23)11-13(20)3-4-15-16-5-6-18(19(24)12-22)21(16,2)10-8-17(15)20/h13-18,22-23H,3-12H2,1-2H3/t13-,14-,15+,16+,17+,18-,20+,21+/m1/s1. The Labute approximate surface area is 146 Å². The van der Waals surface area contributed by atoms with Crippen molar-refractivity contribution in [3.8, 4) is 0 Å². The molecule has 2 N–H and O–H groups in total. The van der Waals surface area contributed by atoms with Crippen molar-refractivity contribution >= 4 is 5.78 Å². The molecule has 3 nitrogen and oxygen atoms in total. The molecule has 8 atom stereocenters. The quantitative estimate of drug-likeness (QED) is 0.812. The monoisotopic (exact) mass is 334 g/mol. The number of hydrogen-bond donors (Lipinski definition) is 2. The van der Waals surface area contributed by atoms with Gasteiger partial charge >= 0.3 is 0 Å². The highest BCUT2D eigenvalue weighted by Crippen LogP contribution is 2.67. The van der Waals surface area contributed by atoms with Gasteiger partial charge in [-0.1, -0.05) is 13.8 Å². The van der Waals surface area contributed by atoms with Gasteiger partial charge in [0, 0.05) is 5.92 Å². The maximum absolute atomic E-state index is 12.3. The number of aliphatic hydroxyl groups is 2. The smallest absolute Gasteiger partial charge is 0.161 e. The average Bonchev–Trinajstić information content (AvgIpc) is 2.92. The van der Waals surface area contributed by atoms with E-state index in [2.05, 4.69) is 13.8 Å². The molecule has 0 aromatic rings. The zero-order valence-electron chi connectivity index (χ0n) is 15.3. The predicted octanol–water partition coefficient (Wildman–Crippen LogP) is 3.57. The molecule has 3 heteroatoms. The molecule has 0 amide bonds. The summed E-state index contributed by atoms with van der Waals surface area (Å²) >= 11 is 0. The molecule has 0 spiro atoms. The third kappa shape index (κ3) is 2.26. The second-order valence-electron chi connectivity index (χ2n) is 9.88. The lowest BCUT2D eigenvalue weighted by Gasteiger charge is -2.60. The van der Waals surface area contributed by atoms with Gasteiger partial charge in [-0.05, 0) is 92.3 Å². The molecule has 4 fully saturated rings. The summed E-state index contributed by atoms with van der Waals surface area (Å²) in [7, 11) is 0. The topological polar surface area (TPSA) is 57.5 Å². The Hall–Kier alpha value is -0.410. The van der Waals surface area contributed by atoms with Crippen LogP contribution >= 0.6 is 0 Å². The zero-order valence-corrected chi connectivity index (χ0v) is 15.3. The highest BCUT2D eigenvalue weighted by Gasteiger charge is 2.60. The van der Waals surface area contributed by atoms with Crippen LogP contribution in [-0.4, -0.2) is 28.7 Å². The van der Waals surface area contributed by atoms with Crippen LogP contribution in [0.5, 0.6) is 0 Å². The molecule has 4 rings (SSSR count). The van der Waals surface area contributed by atoms with Crippen LogP contribution in [0, 0.1) is 40.4 Å². The SMILES string of the molecule is C[C@]12CC[C@@H](O)C[C@H]1CC[C@@H]1[C@@H]2CC[C@]2(C)[C@@H](C(=O)CO)CC[C@@H]12. The van der Waals surface area contributed by atoms with Gasteiger partial charge in [-0.15, -0.1) is 0 Å². The van der Waals surface area contributed by atoms with E-state index >= 15 is 0 Å². The van der Waals surface area contributed by atoms with E-state index in [1.807, 2.05) is 0 Å². The van der Waals surface area contributed by atoms with E-state index in [1.54, 1.807) is 0 Å². The number of rotatable bonds is 2. The summed E-state index contributed by atoms with van der Waals surface area (Å²) in [5, 5.41) is 19.5. The summed E-state index contributed by atoms with van der Waals surface area (Å²) in [6.45, 7) is 4.57. The van der Waals surface area contributed by atoms with Crippen molar-refractivity contribution in [3.63, 3.8) is 0 Å². The molecular weight excluding hydrogens is 300 g/mol. The van der Waals surface area contributed by atoms with Gasteiger partial charge in [0.1, 0.15) is 6.61 Å². The van der Waals surface area contributed by atoms with Crippen LogP contribution in [-0.2, 0) is 4.79 Å². The first-order chi connectivity index (χ1) is 11.4. The molecule has 4 saturated carbocycles. The van der Waals surface area contributed by atoms with Crippen LogP contribution in [0.15, 0.2) is 0 Å². The van der Waals surface area contributed by atoms with Gasteiger partial charge in [-0.25, -0.2) is 0 Å². The molecule has 0 radical (unpaired) electrons. The van der Waals surface area contributed by atoms with Gasteiger partial charge in [0.2, 0.25) is 0 Å². The number of Topliss-reactive ketones (excluding diaryl/α,β-unsaturated/α-hetero) is 1. The van der Waals surface area contributed by atoms with Gasteiger partial charge in [-0.2, -0.15) is 0 Å². The molecule has 0 heterocycles. The zero-order chi connectivity index (χ0) is 17.1. The second-order valence-corrected chi connectivity index (χ2v) is 9.88. The van der Waals surface area contributed by atoms with Crippen molar-refractivity contribution < 1.29 is 15.0 Å². The predicted molar refractivity (Wildman–Crippen MR) is 93.3 cm³/mol. The fourth-order valence-corrected chi connectivity index (χ4v) is 7.87. The number of hydrogen-bond acceptors (Lipinski definition) is 3. The Morgan fingerprint density at radius 1 is 0.958 bits per heavy atom. The molecule has 0 bridgehead atoms. The number of ketones is 1. The maximum atomic E-state index is 12.3. The first-order valence-corrected chi connectivity index (χ1v) is 10.2. The largest absolute Gasteiger partial charge is 0.393 e. The Kier molecular flexibility index (Phi) is 4.12. The molecule has 0 aliphatic heterocycles. The van der Waals surface area contributed by atoms with Crippen LogP contribution in [0.1, 0.15) is 71.6 Å². The fraction of sp³-hybridized carbons (Fsp3) is 0.952. The van der Waals surface area contributed by atoms with Gasteiger partial charge in [0.05, 0.1) is 6.10 Å². The average molecular weight is 335 g/mol. The molecule has 136 valence electrons. The summed E-state index contributed by atoms with van der Waals surface area (Å²) in [5.74, 6) is 3.08. The summed E-state index contributed by atoms with van der Waals surface area (Å²) in [6, 6.07) is 0. The van der Waals surface area contributed by atoms with E-state index in [0.717, 1.165) is 37.5 Å². The summed E-state index contributed by atoms with van der Waals surface area (Å²) in [4.78, 5) is 12.3. The van der Waals surface area contributed by atoms with E-state index in [-0.39, 0.29) is 29.8 Å². The minimum atomic E-state index is -0.279. The third-order valence-corrected chi connectivity index (χ3v) is 9.18. The van der Waals surface area contributed by atoms with Crippen molar-refractivity contribution in [3.05, 3.63) is 0 Å². The van der Waals surface area contributed by atoms with Crippen molar-refractivity contribution in [1.82, 2.24) is 0 Å². The molecule has 24 heavy (non-hydrogen) atoms. The van der Waals surface area contributed by atoms with E-state index in [0.29, 0.717) is 17.3 Å². The Balaban J connectivity index is 1.60. The van der Waals surface area contributed by atoms with E-state index in [9.17, 15) is 15.0 Å². The minimum absolute atomic E-state index is 0.0773. The number of carbonyl (C=O) groups is 1. The normalized spacial score (nSPS) is 53.8. The van der Waals surface area contributed by atoms with Crippen LogP contribution in [0.2, 0.25) is 0 Å². The van der Waals surface area contributed by atoms with Crippen molar-refractivity contribution in [1.29, 1.82) is 0 Å². The van der Waals surface area contributed by atoms with Crippen molar-refractivity contribution in [2.75, 3.05) is 6.61 Å². The highest BCUT2D eigenvalue weighted by atomic mass is 16.3. The number of aliphatic hydroxyl groups excluding tert-OH is 2. The lowest BCUT2D eigenvalue weighted by Crippen LogP contribution is -2.54. The first kappa shape index (κ1) is 17.0. The van der Waals surface area contributed by atoms with Crippen LogP contribution in [0.25, 0.3) is 0 Å². The number of carbonyl (C=O) groups excluding carboxylic acids is 1. The lowest BCUT2D eigenvalue weighted by atomic mass is 9.44. The molecule has 4 aliphatic rings. The molecule has 0 aromatic carbocycles. The number of fused-ring (bicyclic) bond motifs is 5. The lowest BCUT2D eigenvalue weighted by molar-refractivity contribution is -0.141. The van der Waals surface area contributed by atoms with Gasteiger partial charge in [-0.3, -0.25) is 4.79 Å². The maximum Gasteiger partial charge on any atom is 0.161 e. The Morgan fingerprint density at radius 3 is 2.42 bits per heavy atom. The van der Waals surface area contributed by atoms with Gasteiger partial charge in [0.15, 0.2) is 5.78 Å². The highest BCUT2D eigenvalue weighted by molar-refractivity contribution is 5.83. The van der Waals surface area contributed by atoms with Crippen LogP contribution < -0.4 is 0 Å². The molecule has 0 saturated heterocycles. The van der Waals surface area contributed by atoms with E-state index in [4.69, 9.17) is 0 Å². The summed E-state index contributed by atoms with van der Waals surface area (Å²) < 4.78 is 0. The summed E-state index contributed by atoms with van der Waals surface area (Å²) in [5.41, 5.74) is 0.529. The minimum Gasteiger partial charge on any atom is -0.393 e. The van der Waals surface area contributed by atoms with E-state index in [1.165, 1.54) is 32.1 Å². The molecule has 4 aliphatic carbocycles. The fourth-order valence-electron chi connectivity index (χ4n) is 7.87. The van der Waals surface area contributed by atoms with Crippen molar-refractivity contribution in [2.45, 2.75) is 77.7 Å². The molecular formula is C21H34O3. The molecule has 0 aromatic heterocycles. The third-order valence-electron chi connectivity index (χ3n) is 9.18. The summed E-state index contributed by atoms with van der Waals surface area (Å²) in [6.07, 6.45) is 10.2. The first-order valence-electron chi connectivity index (χ1n) is 10.2. The van der Waals surface area contributed by atoms with Crippen molar-refractivity contribution in [2.24, 2.45) is 40.4 Å². The second kappa shape index (κ2) is 5.81.